The van der Waals surface area contributed by atoms with Gasteiger partial charge in [0.1, 0.15) is 10.7 Å². The van der Waals surface area contributed by atoms with E-state index in [1.807, 2.05) is 12.1 Å². The lowest BCUT2D eigenvalue weighted by Gasteiger charge is -2.10. The topological polar surface area (TPSA) is 86.4 Å². The number of allylic oxidation sites excluding steroid dienone is 1. The van der Waals surface area contributed by atoms with Crippen LogP contribution in [0.2, 0.25) is 5.02 Å². The smallest absolute Gasteiger partial charge is 0.372 e. The van der Waals surface area contributed by atoms with Crippen LogP contribution in [0, 0.1) is 6.92 Å². The van der Waals surface area contributed by atoms with Crippen LogP contribution in [0.15, 0.2) is 58.6 Å². The number of thioether (sulfide) groups is 1. The number of ether oxygens (including phenoxy) is 2. The summed E-state index contributed by atoms with van der Waals surface area (Å²) in [6.07, 6.45) is 1.75. The largest absolute Gasteiger partial charge is 0.462 e. The third-order valence-corrected chi connectivity index (χ3v) is 6.15. The molecule has 4 rings (SSSR count). The molecule has 0 amide bonds. The fraction of sp³-hybridized carbons (Fsp3) is 0.160. The molecule has 0 radical (unpaired) electrons. The Morgan fingerprint density at radius 2 is 1.79 bits per heavy atom. The number of benzene rings is 2. The van der Waals surface area contributed by atoms with E-state index in [-0.39, 0.29) is 18.1 Å². The Morgan fingerprint density at radius 1 is 1.12 bits per heavy atom. The van der Waals surface area contributed by atoms with E-state index in [1.54, 1.807) is 56.3 Å². The van der Waals surface area contributed by atoms with E-state index < -0.39 is 11.9 Å². The second-order valence-corrected chi connectivity index (χ2v) is 8.79. The Bertz CT molecular complexity index is 1330. The van der Waals surface area contributed by atoms with Crippen LogP contribution in [0.4, 0.5) is 0 Å². The summed E-state index contributed by atoms with van der Waals surface area (Å²) in [6.45, 7) is 4.90. The Kier molecular flexibility index (Phi) is 6.81. The third-order valence-electron chi connectivity index (χ3n) is 4.93. The van der Waals surface area contributed by atoms with Crippen molar-refractivity contribution in [2.45, 2.75) is 25.9 Å². The van der Waals surface area contributed by atoms with Gasteiger partial charge in [-0.1, -0.05) is 23.7 Å². The Balaban J connectivity index is 1.87. The van der Waals surface area contributed by atoms with Gasteiger partial charge in [0.05, 0.1) is 6.61 Å². The van der Waals surface area contributed by atoms with E-state index in [1.165, 1.54) is 23.3 Å². The highest BCUT2D eigenvalue weighted by Crippen LogP contribution is 2.35. The molecule has 0 unspecified atom stereocenters. The zero-order valence-corrected chi connectivity index (χ0v) is 20.2. The molecule has 0 bridgehead atoms. The van der Waals surface area contributed by atoms with Crippen molar-refractivity contribution in [1.82, 2.24) is 4.98 Å². The summed E-state index contributed by atoms with van der Waals surface area (Å²) in [5.41, 5.74) is 2.40. The fourth-order valence-electron chi connectivity index (χ4n) is 3.51. The van der Waals surface area contributed by atoms with Gasteiger partial charge in [-0.15, -0.1) is 4.57 Å². The van der Waals surface area contributed by atoms with Crippen LogP contribution in [0.25, 0.3) is 17.3 Å². The molecule has 0 saturated carbocycles. The number of hydrogen-bond donors (Lipinski definition) is 0. The standard InChI is InChI=1S/C25H20ClN2O5S/c1-4-32-24(31)21-14(2)27-25-28(22(21)17-7-11-19(12-8-17)33-15(3)29)23(30)20(34-25)13-16-5-9-18(26)10-6-16/h5-13H,4H2,1-3H3/q+1. The van der Waals surface area contributed by atoms with Crippen molar-refractivity contribution in [3.8, 4) is 17.0 Å². The predicted octanol–water partition coefficient (Wildman–Crippen LogP) is 4.89. The summed E-state index contributed by atoms with van der Waals surface area (Å²) >= 11 is 7.19. The summed E-state index contributed by atoms with van der Waals surface area (Å²) in [5, 5.41) is 1.04. The first-order valence-electron chi connectivity index (χ1n) is 10.4. The minimum Gasteiger partial charge on any atom is -0.462 e. The molecule has 0 N–H and O–H groups in total. The van der Waals surface area contributed by atoms with Gasteiger partial charge in [0.2, 0.25) is 0 Å². The van der Waals surface area contributed by atoms with Gasteiger partial charge in [-0.25, -0.2) is 9.59 Å². The number of rotatable bonds is 5. The molecule has 0 aliphatic carbocycles. The van der Waals surface area contributed by atoms with Crippen molar-refractivity contribution < 1.29 is 28.4 Å². The van der Waals surface area contributed by atoms with Gasteiger partial charge >= 0.3 is 23.0 Å². The van der Waals surface area contributed by atoms with Crippen LogP contribution in [-0.2, 0) is 9.53 Å². The average molecular weight is 496 g/mol. The highest BCUT2D eigenvalue weighted by Gasteiger charge is 2.42. The molecule has 34 heavy (non-hydrogen) atoms. The first-order valence-corrected chi connectivity index (χ1v) is 11.6. The molecule has 172 valence electrons. The van der Waals surface area contributed by atoms with Crippen LogP contribution >= 0.6 is 23.4 Å². The maximum atomic E-state index is 13.5. The summed E-state index contributed by atoms with van der Waals surface area (Å²) in [4.78, 5) is 42.7. The summed E-state index contributed by atoms with van der Waals surface area (Å²) in [6, 6.07) is 13.7. The number of nitrogens with zero attached hydrogens (tertiary/aromatic N) is 2. The number of esters is 2. The van der Waals surface area contributed by atoms with Gasteiger partial charge in [0, 0.05) is 36.2 Å². The first-order chi connectivity index (χ1) is 16.3. The van der Waals surface area contributed by atoms with E-state index in [2.05, 4.69) is 4.98 Å². The van der Waals surface area contributed by atoms with Gasteiger partial charge in [-0.3, -0.25) is 4.79 Å². The van der Waals surface area contributed by atoms with Crippen LogP contribution in [0.3, 0.4) is 0 Å². The molecular formula is C25H20ClN2O5S+. The SMILES string of the molecule is CCOC(=O)c1c(C)nc2[n+](c1-c1ccc(OC(C)=O)cc1)C(=O)C(=Cc1ccc(Cl)cc1)S2. The van der Waals surface area contributed by atoms with Crippen LogP contribution < -0.4 is 9.30 Å². The highest BCUT2D eigenvalue weighted by atomic mass is 35.5. The average Bonchev–Trinajstić information content (AvgIpc) is 3.09. The number of halogens is 1. The zero-order valence-electron chi connectivity index (χ0n) is 18.6. The number of carbonyl (C=O) groups excluding carboxylic acids is 3. The van der Waals surface area contributed by atoms with Crippen molar-refractivity contribution in [1.29, 1.82) is 0 Å². The van der Waals surface area contributed by atoms with Crippen LogP contribution in [0.5, 0.6) is 5.75 Å². The number of aryl methyl sites for hydroxylation is 1. The van der Waals surface area contributed by atoms with Gasteiger partial charge < -0.3 is 9.47 Å². The Morgan fingerprint density at radius 3 is 2.41 bits per heavy atom. The van der Waals surface area contributed by atoms with Gasteiger partial charge in [-0.2, -0.15) is 0 Å². The second-order valence-electron chi connectivity index (χ2n) is 7.34. The monoisotopic (exact) mass is 495 g/mol. The molecule has 1 aromatic heterocycles. The quantitative estimate of drug-likeness (QED) is 0.164. The van der Waals surface area contributed by atoms with E-state index in [4.69, 9.17) is 21.1 Å². The molecule has 1 aliphatic rings. The molecular weight excluding hydrogens is 476 g/mol. The van der Waals surface area contributed by atoms with Gasteiger partial charge in [0.25, 0.3) is 0 Å². The maximum absolute atomic E-state index is 13.5. The number of aromatic nitrogens is 2. The van der Waals surface area contributed by atoms with Crippen molar-refractivity contribution in [2.75, 3.05) is 6.61 Å². The van der Waals surface area contributed by atoms with E-state index in [0.29, 0.717) is 37.8 Å². The zero-order chi connectivity index (χ0) is 24.4. The second kappa shape index (κ2) is 9.79. The molecule has 0 spiro atoms. The highest BCUT2D eigenvalue weighted by molar-refractivity contribution is 8.04. The summed E-state index contributed by atoms with van der Waals surface area (Å²) in [5.74, 6) is -0.981. The number of hydrogen-bond acceptors (Lipinski definition) is 7. The first kappa shape index (κ1) is 23.7. The third kappa shape index (κ3) is 4.73. The lowest BCUT2D eigenvalue weighted by Crippen LogP contribution is -2.45. The maximum Gasteiger partial charge on any atom is 0.372 e. The van der Waals surface area contributed by atoms with Gasteiger partial charge in [-0.05, 0) is 59.9 Å². The summed E-state index contributed by atoms with van der Waals surface area (Å²) < 4.78 is 11.8. The fourth-order valence-corrected chi connectivity index (χ4v) is 4.65. The van der Waals surface area contributed by atoms with Crippen molar-refractivity contribution in [3.05, 3.63) is 75.3 Å². The van der Waals surface area contributed by atoms with Crippen molar-refractivity contribution in [2.24, 2.45) is 0 Å². The molecule has 0 atom stereocenters. The number of fused-ring (bicyclic) bond motifs is 1. The Hall–Kier alpha value is -3.49. The van der Waals surface area contributed by atoms with Gasteiger partial charge in [0.15, 0.2) is 17.0 Å². The molecule has 2 aromatic carbocycles. The Labute approximate surface area is 205 Å². The van der Waals surface area contributed by atoms with E-state index in [9.17, 15) is 14.4 Å². The van der Waals surface area contributed by atoms with Crippen LogP contribution in [-0.4, -0.2) is 29.4 Å². The minimum atomic E-state index is -0.574. The molecule has 0 saturated heterocycles. The molecule has 7 nitrogen and oxygen atoms in total. The van der Waals surface area contributed by atoms with E-state index >= 15 is 0 Å². The molecule has 2 heterocycles. The molecule has 9 heteroatoms. The normalized spacial score (nSPS) is 13.6. The molecule has 3 aromatic rings. The van der Waals surface area contributed by atoms with E-state index in [0.717, 1.165) is 5.56 Å². The molecule has 0 fully saturated rings. The number of carbonyl (C=O) groups is 3. The summed E-state index contributed by atoms with van der Waals surface area (Å²) in [7, 11) is 0. The minimum absolute atomic E-state index is 0.176. The predicted molar refractivity (Wildman–Crippen MR) is 128 cm³/mol. The lowest BCUT2D eigenvalue weighted by molar-refractivity contribution is -0.601. The van der Waals surface area contributed by atoms with Crippen LogP contribution in [0.1, 0.15) is 40.3 Å². The lowest BCUT2D eigenvalue weighted by atomic mass is 10.0. The van der Waals surface area contributed by atoms with Crippen molar-refractivity contribution >= 4 is 47.3 Å². The molecule has 1 aliphatic heterocycles. The van der Waals surface area contributed by atoms with Crippen molar-refractivity contribution in [3.63, 3.8) is 0 Å².